The molecule has 5 nitrogen and oxygen atoms in total. The minimum absolute atomic E-state index is 0.448. The molecule has 3 aromatic rings. The zero-order valence-corrected chi connectivity index (χ0v) is 12.5. The first-order valence-corrected chi connectivity index (χ1v) is 8.23. The first kappa shape index (κ1) is 12.7. The molecule has 21 heavy (non-hydrogen) atoms. The fraction of sp³-hybridized carbons (Fsp3) is 0.214. The van der Waals surface area contributed by atoms with E-state index in [2.05, 4.69) is 15.3 Å². The maximum Gasteiger partial charge on any atom is 0.312 e. The number of thiazole rings is 2. The third-order valence-electron chi connectivity index (χ3n) is 3.60. The van der Waals surface area contributed by atoms with Gasteiger partial charge in [-0.2, -0.15) is 0 Å². The molecule has 2 aromatic heterocycles. The maximum atomic E-state index is 11.2. The Morgan fingerprint density at radius 1 is 1.43 bits per heavy atom. The van der Waals surface area contributed by atoms with Gasteiger partial charge in [-0.15, -0.1) is 22.7 Å². The van der Waals surface area contributed by atoms with Gasteiger partial charge < -0.3 is 10.4 Å². The highest BCUT2D eigenvalue weighted by atomic mass is 32.1. The van der Waals surface area contributed by atoms with Crippen LogP contribution >= 0.6 is 22.7 Å². The number of nitrogens with zero attached hydrogens (tertiary/aromatic N) is 2. The Morgan fingerprint density at radius 2 is 2.33 bits per heavy atom. The van der Waals surface area contributed by atoms with E-state index in [9.17, 15) is 9.90 Å². The molecule has 0 radical (unpaired) electrons. The van der Waals surface area contributed by atoms with Gasteiger partial charge in [-0.05, 0) is 31.0 Å². The van der Waals surface area contributed by atoms with Crippen LogP contribution in [0.1, 0.15) is 22.9 Å². The second-order valence-corrected chi connectivity index (χ2v) is 6.89. The standard InChI is InChI=1S/C14H11N3O2S2/c18-13(19)8-2-4-10-12(8)17-14(21-10)16-7-1-3-9-11(5-7)20-6-15-9/h1,3,5-6,8H,2,4H2,(H,16,17)(H,18,19). The van der Waals surface area contributed by atoms with Gasteiger partial charge >= 0.3 is 5.97 Å². The van der Waals surface area contributed by atoms with E-state index in [1.807, 2.05) is 23.7 Å². The minimum Gasteiger partial charge on any atom is -0.481 e. The van der Waals surface area contributed by atoms with Gasteiger partial charge in [0, 0.05) is 10.6 Å². The fourth-order valence-corrected chi connectivity index (χ4v) is 4.35. The summed E-state index contributed by atoms with van der Waals surface area (Å²) in [6.07, 6.45) is 1.47. The van der Waals surface area contributed by atoms with E-state index in [1.54, 1.807) is 22.7 Å². The quantitative estimate of drug-likeness (QED) is 0.772. The summed E-state index contributed by atoms with van der Waals surface area (Å²) in [5, 5.41) is 13.2. The van der Waals surface area contributed by atoms with E-state index < -0.39 is 11.9 Å². The van der Waals surface area contributed by atoms with E-state index in [1.165, 1.54) is 0 Å². The first-order valence-electron chi connectivity index (χ1n) is 6.53. The number of benzene rings is 1. The van der Waals surface area contributed by atoms with Gasteiger partial charge in [-0.1, -0.05) is 0 Å². The summed E-state index contributed by atoms with van der Waals surface area (Å²) in [6.45, 7) is 0. The van der Waals surface area contributed by atoms with Crippen molar-refractivity contribution >= 4 is 49.7 Å². The molecule has 4 rings (SSSR count). The molecule has 1 aromatic carbocycles. The zero-order valence-electron chi connectivity index (χ0n) is 10.9. The van der Waals surface area contributed by atoms with E-state index >= 15 is 0 Å². The van der Waals surface area contributed by atoms with Crippen LogP contribution in [-0.4, -0.2) is 21.0 Å². The lowest BCUT2D eigenvalue weighted by Crippen LogP contribution is -2.08. The van der Waals surface area contributed by atoms with Crippen molar-refractivity contribution in [3.63, 3.8) is 0 Å². The molecule has 7 heteroatoms. The average molecular weight is 317 g/mol. The molecule has 0 aliphatic heterocycles. The number of carboxylic acid groups (broad SMARTS) is 1. The molecule has 0 bridgehead atoms. The molecule has 106 valence electrons. The largest absolute Gasteiger partial charge is 0.481 e. The number of carbonyl (C=O) groups is 1. The van der Waals surface area contributed by atoms with Crippen molar-refractivity contribution in [2.45, 2.75) is 18.8 Å². The number of rotatable bonds is 3. The van der Waals surface area contributed by atoms with Crippen molar-refractivity contribution in [2.75, 3.05) is 5.32 Å². The monoisotopic (exact) mass is 317 g/mol. The van der Waals surface area contributed by atoms with Gasteiger partial charge in [-0.25, -0.2) is 9.97 Å². The molecule has 1 aliphatic carbocycles. The molecule has 0 saturated heterocycles. The normalized spacial score (nSPS) is 17.0. The predicted octanol–water partition coefficient (Wildman–Crippen LogP) is 3.61. The fourth-order valence-electron chi connectivity index (χ4n) is 2.58. The summed E-state index contributed by atoms with van der Waals surface area (Å²) in [7, 11) is 0. The molecule has 1 aliphatic rings. The predicted molar refractivity (Wildman–Crippen MR) is 83.7 cm³/mol. The Hall–Kier alpha value is -1.99. The van der Waals surface area contributed by atoms with Crippen molar-refractivity contribution < 1.29 is 9.90 Å². The lowest BCUT2D eigenvalue weighted by molar-refractivity contribution is -0.138. The minimum atomic E-state index is -0.781. The number of fused-ring (bicyclic) bond motifs is 2. The molecular weight excluding hydrogens is 306 g/mol. The third kappa shape index (κ3) is 2.18. The summed E-state index contributed by atoms with van der Waals surface area (Å²) < 4.78 is 1.12. The molecule has 1 unspecified atom stereocenters. The Labute approximate surface area is 128 Å². The number of carboxylic acids is 1. The summed E-state index contributed by atoms with van der Waals surface area (Å²) in [5.41, 5.74) is 4.49. The number of aryl methyl sites for hydroxylation is 1. The summed E-state index contributed by atoms with van der Waals surface area (Å²) in [4.78, 5) is 21.0. The van der Waals surface area contributed by atoms with Gasteiger partial charge in [-0.3, -0.25) is 4.79 Å². The average Bonchev–Trinajstić information content (AvgIpc) is 3.11. The molecule has 2 heterocycles. The number of hydrogen-bond donors (Lipinski definition) is 2. The highest BCUT2D eigenvalue weighted by Crippen LogP contribution is 2.39. The number of anilines is 2. The highest BCUT2D eigenvalue weighted by molar-refractivity contribution is 7.17. The Balaban J connectivity index is 1.63. The van der Waals surface area contributed by atoms with Gasteiger partial charge in [0.25, 0.3) is 0 Å². The van der Waals surface area contributed by atoms with E-state index in [-0.39, 0.29) is 0 Å². The van der Waals surface area contributed by atoms with Gasteiger partial charge in [0.15, 0.2) is 5.13 Å². The first-order chi connectivity index (χ1) is 10.2. The summed E-state index contributed by atoms with van der Waals surface area (Å²) >= 11 is 3.14. The molecule has 2 N–H and O–H groups in total. The molecular formula is C14H11N3O2S2. The van der Waals surface area contributed by atoms with Crippen molar-refractivity contribution in [3.8, 4) is 0 Å². The molecule has 0 fully saturated rings. The number of aliphatic carboxylic acids is 1. The Morgan fingerprint density at radius 3 is 3.19 bits per heavy atom. The highest BCUT2D eigenvalue weighted by Gasteiger charge is 2.32. The van der Waals surface area contributed by atoms with E-state index in [0.29, 0.717) is 6.42 Å². The second-order valence-electron chi connectivity index (χ2n) is 4.92. The van der Waals surface area contributed by atoms with Crippen molar-refractivity contribution in [1.82, 2.24) is 9.97 Å². The summed E-state index contributed by atoms with van der Waals surface area (Å²) in [6, 6.07) is 5.97. The van der Waals surface area contributed by atoms with Crippen LogP contribution in [0.3, 0.4) is 0 Å². The SMILES string of the molecule is O=C(O)C1CCc2sc(Nc3ccc4ncsc4c3)nc21. The van der Waals surface area contributed by atoms with Crippen molar-refractivity contribution in [3.05, 3.63) is 34.3 Å². The number of aromatic nitrogens is 2. The van der Waals surface area contributed by atoms with Crippen LogP contribution in [0.25, 0.3) is 10.2 Å². The van der Waals surface area contributed by atoms with Gasteiger partial charge in [0.2, 0.25) is 0 Å². The molecule has 0 saturated carbocycles. The zero-order chi connectivity index (χ0) is 14.4. The van der Waals surface area contributed by atoms with Crippen LogP contribution in [0.4, 0.5) is 10.8 Å². The van der Waals surface area contributed by atoms with Crippen molar-refractivity contribution in [2.24, 2.45) is 0 Å². The maximum absolute atomic E-state index is 11.2. The Kier molecular flexibility index (Phi) is 2.90. The van der Waals surface area contributed by atoms with Crippen molar-refractivity contribution in [1.29, 1.82) is 0 Å². The lowest BCUT2D eigenvalue weighted by Gasteiger charge is -2.04. The Bertz CT molecular complexity index is 840. The number of hydrogen-bond acceptors (Lipinski definition) is 6. The van der Waals surface area contributed by atoms with E-state index in [4.69, 9.17) is 0 Å². The van der Waals surface area contributed by atoms with Crippen LogP contribution in [0.5, 0.6) is 0 Å². The second kappa shape index (κ2) is 4.78. The molecule has 1 atom stereocenters. The van der Waals surface area contributed by atoms with Crippen LogP contribution in [0.15, 0.2) is 23.7 Å². The van der Waals surface area contributed by atoms with Crippen LogP contribution in [0, 0.1) is 0 Å². The van der Waals surface area contributed by atoms with Gasteiger partial charge in [0.05, 0.1) is 21.4 Å². The topological polar surface area (TPSA) is 75.1 Å². The van der Waals surface area contributed by atoms with Crippen LogP contribution in [-0.2, 0) is 11.2 Å². The smallest absolute Gasteiger partial charge is 0.312 e. The third-order valence-corrected chi connectivity index (χ3v) is 5.44. The van der Waals surface area contributed by atoms with Crippen LogP contribution in [0.2, 0.25) is 0 Å². The number of nitrogens with one attached hydrogen (secondary N) is 1. The summed E-state index contributed by atoms with van der Waals surface area (Å²) in [5.74, 6) is -1.23. The van der Waals surface area contributed by atoms with E-state index in [0.717, 1.165) is 38.0 Å². The van der Waals surface area contributed by atoms with Gasteiger partial charge in [0.1, 0.15) is 5.92 Å². The molecule has 0 amide bonds. The lowest BCUT2D eigenvalue weighted by atomic mass is 10.1. The molecule has 0 spiro atoms. The van der Waals surface area contributed by atoms with Crippen LogP contribution < -0.4 is 5.32 Å².